The smallest absolute Gasteiger partial charge is 0.231 e. The molecule has 0 saturated heterocycles. The van der Waals surface area contributed by atoms with Crippen LogP contribution in [0.5, 0.6) is 0 Å². The van der Waals surface area contributed by atoms with E-state index in [9.17, 15) is 4.79 Å². The van der Waals surface area contributed by atoms with Crippen molar-refractivity contribution in [3.8, 4) is 0 Å². The van der Waals surface area contributed by atoms with E-state index in [4.69, 9.17) is 23.8 Å². The summed E-state index contributed by atoms with van der Waals surface area (Å²) >= 11 is 12.5. The zero-order chi connectivity index (χ0) is 14.9. The van der Waals surface area contributed by atoms with Gasteiger partial charge in [-0.25, -0.2) is 4.98 Å². The van der Waals surface area contributed by atoms with E-state index in [2.05, 4.69) is 15.6 Å². The Labute approximate surface area is 131 Å². The Morgan fingerprint density at radius 1 is 1.40 bits per heavy atom. The minimum Gasteiger partial charge on any atom is -0.308 e. The van der Waals surface area contributed by atoms with E-state index in [-0.39, 0.29) is 11.0 Å². The van der Waals surface area contributed by atoms with Gasteiger partial charge in [-0.3, -0.25) is 4.79 Å². The first kappa shape index (κ1) is 15.2. The van der Waals surface area contributed by atoms with Gasteiger partial charge in [0.15, 0.2) is 10.2 Å². The van der Waals surface area contributed by atoms with Gasteiger partial charge in [0.1, 0.15) is 0 Å². The molecule has 4 nitrogen and oxygen atoms in total. The van der Waals surface area contributed by atoms with Crippen LogP contribution in [0.1, 0.15) is 20.8 Å². The van der Waals surface area contributed by atoms with Crippen LogP contribution in [-0.4, -0.2) is 16.0 Å². The fourth-order valence-corrected chi connectivity index (χ4v) is 2.77. The summed E-state index contributed by atoms with van der Waals surface area (Å²) in [6.07, 6.45) is 0. The third kappa shape index (κ3) is 3.65. The average molecular weight is 328 g/mol. The van der Waals surface area contributed by atoms with Gasteiger partial charge in [-0.2, -0.15) is 0 Å². The highest BCUT2D eigenvalue weighted by atomic mass is 35.5. The summed E-state index contributed by atoms with van der Waals surface area (Å²) < 4.78 is 0.963. The van der Waals surface area contributed by atoms with Crippen LogP contribution in [0.25, 0.3) is 10.2 Å². The maximum absolute atomic E-state index is 11.8. The van der Waals surface area contributed by atoms with Crippen LogP contribution in [0.3, 0.4) is 0 Å². The minimum atomic E-state index is -0.493. The van der Waals surface area contributed by atoms with Gasteiger partial charge in [0.2, 0.25) is 5.91 Å². The lowest BCUT2D eigenvalue weighted by molar-refractivity contribution is -0.126. The molecule has 0 spiro atoms. The van der Waals surface area contributed by atoms with E-state index in [1.54, 1.807) is 6.07 Å². The number of amides is 1. The number of halogens is 1. The molecule has 0 aliphatic rings. The SMILES string of the molecule is CC(C)(C)C(=O)NC(=S)Nc1nc2ccc(Cl)cc2s1. The molecule has 1 aromatic heterocycles. The molecule has 7 heteroatoms. The summed E-state index contributed by atoms with van der Waals surface area (Å²) in [5.41, 5.74) is 0.346. The second-order valence-corrected chi connectivity index (χ2v) is 7.16. The Kier molecular flexibility index (Phi) is 4.27. The van der Waals surface area contributed by atoms with E-state index < -0.39 is 5.41 Å². The Morgan fingerprint density at radius 2 is 2.10 bits per heavy atom. The van der Waals surface area contributed by atoms with Crippen LogP contribution in [-0.2, 0) is 4.79 Å². The summed E-state index contributed by atoms with van der Waals surface area (Å²) in [5.74, 6) is -0.140. The van der Waals surface area contributed by atoms with Gasteiger partial charge in [-0.15, -0.1) is 0 Å². The van der Waals surface area contributed by atoms with Crippen molar-refractivity contribution in [2.75, 3.05) is 5.32 Å². The average Bonchev–Trinajstić information content (AvgIpc) is 2.68. The van der Waals surface area contributed by atoms with E-state index in [1.165, 1.54) is 11.3 Å². The lowest BCUT2D eigenvalue weighted by Gasteiger charge is -2.17. The second kappa shape index (κ2) is 5.63. The topological polar surface area (TPSA) is 54.0 Å². The van der Waals surface area contributed by atoms with Crippen LogP contribution >= 0.6 is 35.2 Å². The number of hydrogen-bond acceptors (Lipinski definition) is 4. The summed E-state index contributed by atoms with van der Waals surface area (Å²) in [5, 5.41) is 7.10. The van der Waals surface area contributed by atoms with Crippen molar-refractivity contribution in [1.29, 1.82) is 0 Å². The number of benzene rings is 1. The number of nitrogens with one attached hydrogen (secondary N) is 2. The largest absolute Gasteiger partial charge is 0.308 e. The Balaban J connectivity index is 2.08. The molecule has 0 aliphatic carbocycles. The molecule has 1 aromatic carbocycles. The van der Waals surface area contributed by atoms with Crippen molar-refractivity contribution in [2.45, 2.75) is 20.8 Å². The normalized spacial score (nSPS) is 11.4. The second-order valence-electron chi connectivity index (χ2n) is 5.29. The van der Waals surface area contributed by atoms with E-state index in [0.717, 1.165) is 10.2 Å². The van der Waals surface area contributed by atoms with Crippen molar-refractivity contribution in [1.82, 2.24) is 10.3 Å². The number of hydrogen-bond donors (Lipinski definition) is 2. The Hall–Kier alpha value is -1.24. The molecule has 0 fully saturated rings. The van der Waals surface area contributed by atoms with Crippen LogP contribution < -0.4 is 10.6 Å². The zero-order valence-electron chi connectivity index (χ0n) is 11.3. The number of thiazole rings is 1. The highest BCUT2D eigenvalue weighted by Crippen LogP contribution is 2.28. The lowest BCUT2D eigenvalue weighted by Crippen LogP contribution is -2.41. The molecule has 0 radical (unpaired) electrons. The first-order valence-corrected chi connectivity index (χ1v) is 7.54. The van der Waals surface area contributed by atoms with Crippen molar-refractivity contribution in [3.63, 3.8) is 0 Å². The van der Waals surface area contributed by atoms with Gasteiger partial charge in [-0.05, 0) is 30.4 Å². The molecule has 0 unspecified atom stereocenters. The molecule has 1 amide bonds. The molecule has 0 atom stereocenters. The monoisotopic (exact) mass is 327 g/mol. The maximum Gasteiger partial charge on any atom is 0.231 e. The number of fused-ring (bicyclic) bond motifs is 1. The maximum atomic E-state index is 11.8. The molecule has 0 saturated carbocycles. The number of rotatable bonds is 1. The van der Waals surface area contributed by atoms with E-state index >= 15 is 0 Å². The van der Waals surface area contributed by atoms with Gasteiger partial charge in [0.05, 0.1) is 10.2 Å². The molecule has 0 aliphatic heterocycles. The predicted molar refractivity (Wildman–Crippen MR) is 88.4 cm³/mol. The van der Waals surface area contributed by atoms with Crippen molar-refractivity contribution in [3.05, 3.63) is 23.2 Å². The first-order chi connectivity index (χ1) is 9.25. The molecule has 2 aromatic rings. The number of thiocarbonyl (C=S) groups is 1. The van der Waals surface area contributed by atoms with Gasteiger partial charge < -0.3 is 10.6 Å². The van der Waals surface area contributed by atoms with E-state index in [1.807, 2.05) is 32.9 Å². The third-order valence-corrected chi connectivity index (χ3v) is 3.85. The predicted octanol–water partition coefficient (Wildman–Crippen LogP) is 3.81. The standard InChI is InChI=1S/C13H14ClN3OS2/c1-13(2,3)10(18)16-11(19)17-12-15-8-5-4-7(14)6-9(8)20-12/h4-6H,1-3H3,(H2,15,16,17,18,19). The highest BCUT2D eigenvalue weighted by molar-refractivity contribution is 7.80. The van der Waals surface area contributed by atoms with Gasteiger partial charge in [0, 0.05) is 10.4 Å². The number of anilines is 1. The van der Waals surface area contributed by atoms with Crippen molar-refractivity contribution >= 4 is 61.5 Å². The quantitative estimate of drug-likeness (QED) is 0.782. The molecule has 20 heavy (non-hydrogen) atoms. The number of nitrogens with zero attached hydrogens (tertiary/aromatic N) is 1. The third-order valence-electron chi connectivity index (χ3n) is 2.48. The van der Waals surface area contributed by atoms with Gasteiger partial charge in [-0.1, -0.05) is 43.7 Å². The molecule has 0 bridgehead atoms. The van der Waals surface area contributed by atoms with E-state index in [0.29, 0.717) is 10.2 Å². The number of carbonyl (C=O) groups is 1. The molecule has 1 heterocycles. The molecule has 106 valence electrons. The lowest BCUT2D eigenvalue weighted by atomic mass is 9.96. The summed E-state index contributed by atoms with van der Waals surface area (Å²) in [7, 11) is 0. The van der Waals surface area contributed by atoms with Crippen molar-refractivity contribution < 1.29 is 4.79 Å². The fraction of sp³-hybridized carbons (Fsp3) is 0.308. The molecule has 2 rings (SSSR count). The summed E-state index contributed by atoms with van der Waals surface area (Å²) in [6, 6.07) is 5.47. The highest BCUT2D eigenvalue weighted by Gasteiger charge is 2.22. The van der Waals surface area contributed by atoms with Crippen molar-refractivity contribution in [2.24, 2.45) is 5.41 Å². The summed E-state index contributed by atoms with van der Waals surface area (Å²) in [6.45, 7) is 5.47. The molecule has 2 N–H and O–H groups in total. The molecular formula is C13H14ClN3OS2. The van der Waals surface area contributed by atoms with Crippen LogP contribution in [0.4, 0.5) is 5.13 Å². The number of aromatic nitrogens is 1. The van der Waals surface area contributed by atoms with Crippen LogP contribution in [0.2, 0.25) is 5.02 Å². The molecular weight excluding hydrogens is 314 g/mol. The van der Waals surface area contributed by atoms with Gasteiger partial charge in [0.25, 0.3) is 0 Å². The van der Waals surface area contributed by atoms with Crippen LogP contribution in [0.15, 0.2) is 18.2 Å². The Morgan fingerprint density at radius 3 is 2.75 bits per heavy atom. The minimum absolute atomic E-state index is 0.140. The first-order valence-electron chi connectivity index (χ1n) is 5.94. The number of carbonyl (C=O) groups excluding carboxylic acids is 1. The fourth-order valence-electron chi connectivity index (χ4n) is 1.37. The Bertz CT molecular complexity index is 676. The summed E-state index contributed by atoms with van der Waals surface area (Å²) in [4.78, 5) is 16.2. The zero-order valence-corrected chi connectivity index (χ0v) is 13.7. The van der Waals surface area contributed by atoms with Crippen LogP contribution in [0, 0.1) is 5.41 Å². The van der Waals surface area contributed by atoms with Gasteiger partial charge >= 0.3 is 0 Å².